The van der Waals surface area contributed by atoms with E-state index in [9.17, 15) is 28.8 Å². The highest BCUT2D eigenvalue weighted by molar-refractivity contribution is 7.17. The van der Waals surface area contributed by atoms with Crippen molar-refractivity contribution in [3.8, 4) is 0 Å². The minimum Gasteiger partial charge on any atom is -0.365 e. The van der Waals surface area contributed by atoms with Crippen LogP contribution >= 0.6 is 34.0 Å². The number of nitrogens with two attached hydrogens (primary N) is 3. The Morgan fingerprint density at radius 3 is 1.04 bits per heavy atom. The summed E-state index contributed by atoms with van der Waals surface area (Å²) in [5.74, 6) is -2.12. The Morgan fingerprint density at radius 1 is 0.443 bits per heavy atom. The van der Waals surface area contributed by atoms with E-state index in [1.165, 1.54) is 34.0 Å². The number of anilines is 3. The first-order valence-electron chi connectivity index (χ1n) is 22.8. The average molecular weight is 1000 g/mol. The summed E-state index contributed by atoms with van der Waals surface area (Å²) in [6.07, 6.45) is 2.62. The Morgan fingerprint density at radius 2 is 0.743 bits per heavy atom. The van der Waals surface area contributed by atoms with Gasteiger partial charge in [-0.25, -0.2) is 0 Å². The van der Waals surface area contributed by atoms with Crippen LogP contribution in [0.1, 0.15) is 116 Å². The van der Waals surface area contributed by atoms with Crippen molar-refractivity contribution in [2.45, 2.75) is 66.6 Å². The summed E-state index contributed by atoms with van der Waals surface area (Å²) >= 11 is 4.38. The molecule has 0 radical (unpaired) electrons. The Bertz CT molecular complexity index is 2870. The maximum atomic E-state index is 12.6. The molecule has 3 aromatic heterocycles. The first-order chi connectivity index (χ1) is 33.3. The Hall–Kier alpha value is -6.54. The van der Waals surface area contributed by atoms with E-state index in [-0.39, 0.29) is 17.7 Å². The van der Waals surface area contributed by atoms with Crippen molar-refractivity contribution in [3.63, 3.8) is 0 Å². The molecule has 0 saturated carbocycles. The van der Waals surface area contributed by atoms with Crippen LogP contribution in [0.3, 0.4) is 0 Å². The molecule has 366 valence electrons. The topological polar surface area (TPSA) is 226 Å². The zero-order chi connectivity index (χ0) is 50.6. The Balaban J connectivity index is 0.000000155. The molecule has 6 heterocycles. The van der Waals surface area contributed by atoms with E-state index < -0.39 is 17.7 Å². The molecule has 18 heteroatoms. The number of hydrogen-bond acceptors (Lipinski definition) is 12. The Labute approximate surface area is 420 Å². The van der Waals surface area contributed by atoms with E-state index >= 15 is 0 Å². The third kappa shape index (κ3) is 12.1. The van der Waals surface area contributed by atoms with Crippen molar-refractivity contribution in [2.75, 3.05) is 56.7 Å². The van der Waals surface area contributed by atoms with Crippen LogP contribution in [0.25, 0.3) is 0 Å². The SMILES string of the molecule is Cc1cc(C)cc(C(=O)Nc2sc3c(c2C(N)=O)CN(C)CC3)c1.Cc1cccc(C(=O)Nc2sc3c(c2C(N)=O)CN(C)CC3)c1.Cc1cccc(C(=O)Nc2sc3c(c2C(N)=O)CN(C)CC3)c1. The molecule has 3 aromatic carbocycles. The quantitative estimate of drug-likeness (QED) is 0.0842. The largest absolute Gasteiger partial charge is 0.365 e. The summed E-state index contributed by atoms with van der Waals surface area (Å²) in [6, 6.07) is 20.4. The summed E-state index contributed by atoms with van der Waals surface area (Å²) in [7, 11) is 6.03. The highest BCUT2D eigenvalue weighted by atomic mass is 32.1. The fourth-order valence-electron chi connectivity index (χ4n) is 8.82. The third-order valence-electron chi connectivity index (χ3n) is 12.2. The van der Waals surface area contributed by atoms with Gasteiger partial charge >= 0.3 is 0 Å². The summed E-state index contributed by atoms with van der Waals surface area (Å²) in [4.78, 5) is 83.1. The number of rotatable bonds is 9. The van der Waals surface area contributed by atoms with Gasteiger partial charge in [-0.15, -0.1) is 34.0 Å². The van der Waals surface area contributed by atoms with Crippen molar-refractivity contribution in [3.05, 3.63) is 154 Å². The minimum atomic E-state index is -0.489. The fraction of sp³-hybridized carbons (Fsp3) is 0.308. The molecule has 0 spiro atoms. The molecule has 3 aliphatic rings. The molecule has 0 saturated heterocycles. The number of nitrogens with zero attached hydrogens (tertiary/aromatic N) is 3. The number of benzene rings is 3. The highest BCUT2D eigenvalue weighted by Crippen LogP contribution is 2.39. The van der Waals surface area contributed by atoms with Gasteiger partial charge in [0.15, 0.2) is 0 Å². The summed E-state index contributed by atoms with van der Waals surface area (Å²) in [5, 5.41) is 10.3. The number of hydrogen-bond donors (Lipinski definition) is 6. The van der Waals surface area contributed by atoms with Crippen molar-refractivity contribution < 1.29 is 28.8 Å². The lowest BCUT2D eigenvalue weighted by molar-refractivity contribution is 0.0988. The predicted molar refractivity (Wildman–Crippen MR) is 281 cm³/mol. The number of amides is 6. The smallest absolute Gasteiger partial charge is 0.256 e. The number of carbonyl (C=O) groups excluding carboxylic acids is 6. The molecule has 0 unspecified atom stereocenters. The third-order valence-corrected chi connectivity index (χ3v) is 15.8. The lowest BCUT2D eigenvalue weighted by atomic mass is 10.0. The summed E-state index contributed by atoms with van der Waals surface area (Å²) < 4.78 is 0. The van der Waals surface area contributed by atoms with Crippen LogP contribution in [0.15, 0.2) is 66.7 Å². The fourth-order valence-corrected chi connectivity index (χ4v) is 12.4. The van der Waals surface area contributed by atoms with Gasteiger partial charge in [0.1, 0.15) is 15.0 Å². The van der Waals surface area contributed by atoms with Crippen molar-refractivity contribution in [2.24, 2.45) is 17.2 Å². The van der Waals surface area contributed by atoms with Gasteiger partial charge < -0.3 is 47.9 Å². The zero-order valence-corrected chi connectivity index (χ0v) is 42.9. The second kappa shape index (κ2) is 22.0. The molecule has 70 heavy (non-hydrogen) atoms. The lowest BCUT2D eigenvalue weighted by Crippen LogP contribution is -2.27. The van der Waals surface area contributed by atoms with Gasteiger partial charge in [-0.05, 0) is 121 Å². The zero-order valence-electron chi connectivity index (χ0n) is 40.5. The Kier molecular flexibility index (Phi) is 16.2. The number of nitrogens with one attached hydrogen (secondary N) is 3. The van der Waals surface area contributed by atoms with Gasteiger partial charge in [0.25, 0.3) is 35.4 Å². The molecule has 3 aliphatic heterocycles. The second-order valence-electron chi connectivity index (χ2n) is 18.2. The van der Waals surface area contributed by atoms with Crippen molar-refractivity contribution >= 4 is 84.5 Å². The van der Waals surface area contributed by atoms with E-state index in [1.807, 2.05) is 103 Å². The molecule has 0 atom stereocenters. The monoisotopic (exact) mass is 1000 g/mol. The molecular formula is C52H59N9O6S3. The first-order valence-corrected chi connectivity index (χ1v) is 25.3. The van der Waals surface area contributed by atoms with E-state index in [2.05, 4.69) is 30.7 Å². The first kappa shape index (κ1) is 51.3. The van der Waals surface area contributed by atoms with E-state index in [0.29, 0.717) is 68.0 Å². The van der Waals surface area contributed by atoms with E-state index in [1.54, 1.807) is 12.1 Å². The van der Waals surface area contributed by atoms with Gasteiger partial charge in [0.2, 0.25) is 0 Å². The maximum Gasteiger partial charge on any atom is 0.256 e. The van der Waals surface area contributed by atoms with E-state index in [4.69, 9.17) is 17.2 Å². The minimum absolute atomic E-state index is 0.212. The van der Waals surface area contributed by atoms with Crippen molar-refractivity contribution in [1.82, 2.24) is 14.7 Å². The van der Waals surface area contributed by atoms with Gasteiger partial charge in [-0.1, -0.05) is 52.6 Å². The molecule has 15 nitrogen and oxygen atoms in total. The molecule has 0 aliphatic carbocycles. The van der Waals surface area contributed by atoms with Crippen LogP contribution in [0.4, 0.5) is 15.0 Å². The molecule has 6 aromatic rings. The molecule has 9 rings (SSSR count). The number of likely N-dealkylation sites (N-methyl/N-ethyl adjacent to an activating group) is 3. The molecule has 0 fully saturated rings. The standard InChI is InChI=1S/C18H21N3O2S.2C17H19N3O2S/c1-10-6-11(2)8-12(7-10)17(23)20-18-15(16(19)22)13-9-21(3)5-4-14(13)24-18;2*1-10-4-3-5-11(8-10)16(22)19-17-14(15(18)21)12-9-20(2)7-6-13(12)23-17/h6-8H,4-5,9H2,1-3H3,(H2,19,22)(H,20,23);2*3-5,8H,6-7,9H2,1-2H3,(H2,18,21)(H,19,22). The molecular weight excluding hydrogens is 943 g/mol. The van der Waals surface area contributed by atoms with Crippen molar-refractivity contribution in [1.29, 1.82) is 0 Å². The van der Waals surface area contributed by atoms with Gasteiger partial charge in [-0.2, -0.15) is 0 Å². The molecule has 9 N–H and O–H groups in total. The molecule has 6 amide bonds. The predicted octanol–water partition coefficient (Wildman–Crippen LogP) is 7.50. The van der Waals surface area contributed by atoms with Crippen LogP contribution in [-0.4, -0.2) is 90.9 Å². The number of aryl methyl sites for hydroxylation is 4. The number of thiophene rings is 3. The van der Waals surface area contributed by atoms with Crippen LogP contribution in [-0.2, 0) is 38.9 Å². The van der Waals surface area contributed by atoms with Gasteiger partial charge in [-0.3, -0.25) is 28.8 Å². The maximum absolute atomic E-state index is 12.6. The summed E-state index contributed by atoms with van der Waals surface area (Å²) in [6.45, 7) is 12.7. The van der Waals surface area contributed by atoms with Crippen LogP contribution in [0, 0.1) is 27.7 Å². The highest BCUT2D eigenvalue weighted by Gasteiger charge is 2.30. The number of primary amides is 3. The lowest BCUT2D eigenvalue weighted by Gasteiger charge is -2.22. The molecule has 0 bridgehead atoms. The second-order valence-corrected chi connectivity index (χ2v) is 21.5. The average Bonchev–Trinajstić information content (AvgIpc) is 3.96. The van der Waals surface area contributed by atoms with Crippen LogP contribution < -0.4 is 33.2 Å². The normalized spacial score (nSPS) is 14.3. The van der Waals surface area contributed by atoms with Gasteiger partial charge in [0, 0.05) is 70.6 Å². The van der Waals surface area contributed by atoms with Crippen LogP contribution in [0.2, 0.25) is 0 Å². The summed E-state index contributed by atoms with van der Waals surface area (Å²) in [5.41, 5.74) is 26.8. The number of carbonyl (C=O) groups is 6. The van der Waals surface area contributed by atoms with Crippen LogP contribution in [0.5, 0.6) is 0 Å². The van der Waals surface area contributed by atoms with Gasteiger partial charge in [0.05, 0.1) is 16.7 Å². The number of fused-ring (bicyclic) bond motifs is 3. The van der Waals surface area contributed by atoms with E-state index in [0.717, 1.165) is 92.5 Å².